The molecule has 4 aromatic heterocycles. The van der Waals surface area contributed by atoms with Crippen LogP contribution in [-0.2, 0) is 0 Å². The van der Waals surface area contributed by atoms with Gasteiger partial charge in [0, 0.05) is 52.0 Å². The third-order valence-electron chi connectivity index (χ3n) is 6.06. The minimum absolute atomic E-state index is 0.941. The number of imidazole rings is 1. The summed E-state index contributed by atoms with van der Waals surface area (Å²) in [5, 5.41) is 5.93. The van der Waals surface area contributed by atoms with Crippen LogP contribution in [-0.4, -0.2) is 18.9 Å². The first-order valence-electron chi connectivity index (χ1n) is 10.0. The average Bonchev–Trinajstić information content (AvgIpc) is 3.42. The van der Waals surface area contributed by atoms with Gasteiger partial charge in [-0.2, -0.15) is 0 Å². The van der Waals surface area contributed by atoms with Crippen molar-refractivity contribution in [1.82, 2.24) is 18.9 Å². The molecule has 0 spiro atoms. The Kier molecular flexibility index (Phi) is 2.97. The van der Waals surface area contributed by atoms with Gasteiger partial charge in [-0.3, -0.25) is 9.38 Å². The Morgan fingerprint density at radius 2 is 1.40 bits per heavy atom. The number of para-hydroxylation sites is 2. The summed E-state index contributed by atoms with van der Waals surface area (Å²) < 4.78 is 4.53. The molecule has 0 aliphatic rings. The summed E-state index contributed by atoms with van der Waals surface area (Å²) in [7, 11) is 0. The molecular weight excluding hydrogens is 368 g/mol. The Hall–Kier alpha value is -4.18. The second-order valence-corrected chi connectivity index (χ2v) is 7.62. The molecular formula is C26H16N4. The van der Waals surface area contributed by atoms with Gasteiger partial charge in [0.05, 0.1) is 16.6 Å². The highest BCUT2D eigenvalue weighted by atomic mass is 15.0. The molecule has 140 valence electrons. The predicted molar refractivity (Wildman–Crippen MR) is 122 cm³/mol. The summed E-state index contributed by atoms with van der Waals surface area (Å²) in [5.74, 6) is 0. The number of hydrogen-bond donors (Lipinski definition) is 0. The van der Waals surface area contributed by atoms with Crippen LogP contribution < -0.4 is 0 Å². The minimum Gasteiger partial charge on any atom is -0.309 e. The fourth-order valence-electron chi connectivity index (χ4n) is 4.78. The molecule has 0 aliphatic carbocycles. The quantitative estimate of drug-likeness (QED) is 0.319. The van der Waals surface area contributed by atoms with Crippen molar-refractivity contribution in [3.63, 3.8) is 0 Å². The molecule has 0 amide bonds. The fraction of sp³-hybridized carbons (Fsp3) is 0. The lowest BCUT2D eigenvalue weighted by atomic mass is 10.0. The highest BCUT2D eigenvalue weighted by molar-refractivity contribution is 6.19. The van der Waals surface area contributed by atoms with Crippen molar-refractivity contribution in [1.29, 1.82) is 0 Å². The number of hydrogen-bond acceptors (Lipinski definition) is 2. The van der Waals surface area contributed by atoms with Crippen molar-refractivity contribution in [2.24, 2.45) is 0 Å². The van der Waals surface area contributed by atoms with Gasteiger partial charge in [0.15, 0.2) is 0 Å². The SMILES string of the molecule is c1ccc(-n2c3ccccc3c3cc4c(cc32)c2ccncc2c2nccn42)cc1. The molecule has 3 aromatic carbocycles. The van der Waals surface area contributed by atoms with Crippen LogP contribution >= 0.6 is 0 Å². The van der Waals surface area contributed by atoms with Gasteiger partial charge in [-0.05, 0) is 41.8 Å². The van der Waals surface area contributed by atoms with Crippen LogP contribution in [0.25, 0.3) is 54.8 Å². The number of pyridine rings is 2. The molecule has 0 radical (unpaired) electrons. The minimum atomic E-state index is 0.941. The molecule has 4 heterocycles. The number of benzene rings is 3. The first-order chi connectivity index (χ1) is 14.9. The third-order valence-corrected chi connectivity index (χ3v) is 6.06. The second-order valence-electron chi connectivity index (χ2n) is 7.62. The van der Waals surface area contributed by atoms with E-state index in [1.54, 1.807) is 0 Å². The topological polar surface area (TPSA) is 35.1 Å². The van der Waals surface area contributed by atoms with E-state index in [2.05, 4.69) is 91.7 Å². The summed E-state index contributed by atoms with van der Waals surface area (Å²) in [5.41, 5.74) is 5.67. The van der Waals surface area contributed by atoms with Gasteiger partial charge in [0.25, 0.3) is 0 Å². The third kappa shape index (κ3) is 1.95. The zero-order chi connectivity index (χ0) is 19.7. The molecule has 0 N–H and O–H groups in total. The molecule has 0 bridgehead atoms. The zero-order valence-electron chi connectivity index (χ0n) is 16.0. The van der Waals surface area contributed by atoms with E-state index in [0.29, 0.717) is 0 Å². The van der Waals surface area contributed by atoms with Gasteiger partial charge in [0.1, 0.15) is 5.65 Å². The van der Waals surface area contributed by atoms with E-state index in [9.17, 15) is 0 Å². The second kappa shape index (κ2) is 5.67. The molecule has 0 fully saturated rings. The lowest BCUT2D eigenvalue weighted by Gasteiger charge is -2.11. The normalized spacial score (nSPS) is 12.0. The Morgan fingerprint density at radius 3 is 2.33 bits per heavy atom. The van der Waals surface area contributed by atoms with E-state index < -0.39 is 0 Å². The van der Waals surface area contributed by atoms with Crippen molar-refractivity contribution < 1.29 is 0 Å². The summed E-state index contributed by atoms with van der Waals surface area (Å²) in [6, 6.07) is 25.9. The number of aromatic nitrogens is 4. The van der Waals surface area contributed by atoms with Crippen LogP contribution in [0.1, 0.15) is 0 Å². The number of fused-ring (bicyclic) bond motifs is 9. The lowest BCUT2D eigenvalue weighted by Crippen LogP contribution is -1.95. The van der Waals surface area contributed by atoms with E-state index >= 15 is 0 Å². The molecule has 30 heavy (non-hydrogen) atoms. The van der Waals surface area contributed by atoms with Gasteiger partial charge < -0.3 is 4.57 Å². The van der Waals surface area contributed by atoms with E-state index in [1.165, 1.54) is 32.6 Å². The molecule has 4 nitrogen and oxygen atoms in total. The molecule has 0 unspecified atom stereocenters. The van der Waals surface area contributed by atoms with E-state index in [4.69, 9.17) is 0 Å². The largest absolute Gasteiger partial charge is 0.309 e. The zero-order valence-corrected chi connectivity index (χ0v) is 16.0. The van der Waals surface area contributed by atoms with Gasteiger partial charge in [-0.1, -0.05) is 36.4 Å². The van der Waals surface area contributed by atoms with Gasteiger partial charge in [-0.25, -0.2) is 4.98 Å². The fourth-order valence-corrected chi connectivity index (χ4v) is 4.78. The molecule has 0 atom stereocenters. The Balaban J connectivity index is 1.78. The summed E-state index contributed by atoms with van der Waals surface area (Å²) >= 11 is 0. The monoisotopic (exact) mass is 384 g/mol. The number of nitrogens with zero attached hydrogens (tertiary/aromatic N) is 4. The van der Waals surface area contributed by atoms with Gasteiger partial charge in [-0.15, -0.1) is 0 Å². The van der Waals surface area contributed by atoms with Crippen molar-refractivity contribution in [2.75, 3.05) is 0 Å². The van der Waals surface area contributed by atoms with Crippen LogP contribution in [0.4, 0.5) is 0 Å². The van der Waals surface area contributed by atoms with Crippen molar-refractivity contribution in [2.45, 2.75) is 0 Å². The van der Waals surface area contributed by atoms with Crippen LogP contribution in [0.5, 0.6) is 0 Å². The maximum absolute atomic E-state index is 4.61. The summed E-state index contributed by atoms with van der Waals surface area (Å²) in [4.78, 5) is 8.96. The van der Waals surface area contributed by atoms with E-state index in [0.717, 1.165) is 22.2 Å². The summed E-state index contributed by atoms with van der Waals surface area (Å²) in [6.45, 7) is 0. The van der Waals surface area contributed by atoms with Gasteiger partial charge in [0.2, 0.25) is 0 Å². The van der Waals surface area contributed by atoms with Crippen LogP contribution in [0.15, 0.2) is 97.6 Å². The predicted octanol–water partition coefficient (Wildman–Crippen LogP) is 6.13. The number of rotatable bonds is 1. The highest BCUT2D eigenvalue weighted by Crippen LogP contribution is 2.37. The first-order valence-corrected chi connectivity index (χ1v) is 10.0. The first kappa shape index (κ1) is 15.7. The van der Waals surface area contributed by atoms with E-state index in [1.807, 2.05) is 24.8 Å². The van der Waals surface area contributed by atoms with Crippen molar-refractivity contribution in [3.05, 3.63) is 97.6 Å². The molecule has 4 heteroatoms. The Bertz CT molecular complexity index is 1740. The Morgan fingerprint density at radius 1 is 0.600 bits per heavy atom. The molecule has 0 saturated carbocycles. The highest BCUT2D eigenvalue weighted by Gasteiger charge is 2.16. The molecule has 0 aliphatic heterocycles. The maximum atomic E-state index is 4.61. The van der Waals surface area contributed by atoms with Crippen LogP contribution in [0, 0.1) is 0 Å². The Labute approximate surface area is 171 Å². The molecule has 0 saturated heterocycles. The lowest BCUT2D eigenvalue weighted by molar-refractivity contribution is 1.18. The average molecular weight is 384 g/mol. The van der Waals surface area contributed by atoms with Crippen LogP contribution in [0.2, 0.25) is 0 Å². The standard InChI is InChI=1S/C26H16N4/c1-2-6-17(7-3-1)30-23-9-5-4-8-19(23)21-14-24-20(15-25(21)30)18-10-11-27-16-22(18)26-28-12-13-29(24)26/h1-16H. The molecule has 7 aromatic rings. The van der Waals surface area contributed by atoms with E-state index in [-0.39, 0.29) is 0 Å². The maximum Gasteiger partial charge on any atom is 0.146 e. The van der Waals surface area contributed by atoms with Crippen molar-refractivity contribution in [3.8, 4) is 5.69 Å². The smallest absolute Gasteiger partial charge is 0.146 e. The molecule has 7 rings (SSSR count). The van der Waals surface area contributed by atoms with Crippen LogP contribution in [0.3, 0.4) is 0 Å². The van der Waals surface area contributed by atoms with Gasteiger partial charge >= 0.3 is 0 Å². The summed E-state index contributed by atoms with van der Waals surface area (Å²) in [6.07, 6.45) is 7.66. The van der Waals surface area contributed by atoms with Crippen molar-refractivity contribution >= 4 is 49.1 Å².